The summed E-state index contributed by atoms with van der Waals surface area (Å²) in [7, 11) is -2.11. The van der Waals surface area contributed by atoms with Crippen molar-refractivity contribution in [2.24, 2.45) is 0 Å². The van der Waals surface area contributed by atoms with Crippen LogP contribution in [0.5, 0.6) is 11.5 Å². The van der Waals surface area contributed by atoms with E-state index in [0.717, 1.165) is 16.7 Å². The van der Waals surface area contributed by atoms with Gasteiger partial charge in [-0.25, -0.2) is 8.42 Å². The minimum atomic E-state index is -3.70. The number of nitrogens with zero attached hydrogens (tertiary/aromatic N) is 1. The van der Waals surface area contributed by atoms with Crippen molar-refractivity contribution >= 4 is 10.0 Å². The molecule has 2 aromatic carbocycles. The summed E-state index contributed by atoms with van der Waals surface area (Å²) in [6.45, 7) is 13.8. The molecule has 5 nitrogen and oxygen atoms in total. The second-order valence-electron chi connectivity index (χ2n) is 7.29. The second kappa shape index (κ2) is 10.5. The number of hydrogen-bond acceptors (Lipinski definition) is 4. The Bertz CT molecular complexity index is 979. The van der Waals surface area contributed by atoms with Crippen LogP contribution in [0.4, 0.5) is 0 Å². The molecule has 0 aliphatic heterocycles. The number of benzene rings is 2. The zero-order valence-electron chi connectivity index (χ0n) is 18.2. The topological polar surface area (TPSA) is 55.8 Å². The number of rotatable bonds is 11. The molecule has 0 heterocycles. The summed E-state index contributed by atoms with van der Waals surface area (Å²) >= 11 is 0. The number of hydrogen-bond donors (Lipinski definition) is 0. The maximum Gasteiger partial charge on any atom is 0.243 e. The maximum atomic E-state index is 13.3. The largest absolute Gasteiger partial charge is 0.493 e. The average Bonchev–Trinajstić information content (AvgIpc) is 2.70. The van der Waals surface area contributed by atoms with Crippen molar-refractivity contribution < 1.29 is 17.9 Å². The fraction of sp³-hybridized carbons (Fsp3) is 0.333. The van der Waals surface area contributed by atoms with E-state index in [0.29, 0.717) is 17.9 Å². The van der Waals surface area contributed by atoms with Crippen LogP contribution >= 0.6 is 0 Å². The van der Waals surface area contributed by atoms with Gasteiger partial charge in [0, 0.05) is 18.7 Å². The highest BCUT2D eigenvalue weighted by molar-refractivity contribution is 7.89. The lowest BCUT2D eigenvalue weighted by Gasteiger charge is -2.24. The fourth-order valence-electron chi connectivity index (χ4n) is 3.13. The van der Waals surface area contributed by atoms with Gasteiger partial charge in [0.05, 0.1) is 18.1 Å². The molecule has 0 aliphatic carbocycles. The smallest absolute Gasteiger partial charge is 0.243 e. The van der Waals surface area contributed by atoms with E-state index in [-0.39, 0.29) is 24.1 Å². The number of sulfonamides is 1. The molecule has 0 atom stereocenters. The normalized spacial score (nSPS) is 11.5. The number of methoxy groups -OCH3 is 1. The first kappa shape index (κ1) is 23.7. The first-order valence-electron chi connectivity index (χ1n) is 9.88. The maximum absolute atomic E-state index is 13.3. The third-order valence-electron chi connectivity index (χ3n) is 4.58. The second-order valence-corrected chi connectivity index (χ2v) is 9.23. The summed E-state index contributed by atoms with van der Waals surface area (Å²) < 4.78 is 39.5. The highest BCUT2D eigenvalue weighted by Crippen LogP contribution is 2.36. The van der Waals surface area contributed by atoms with E-state index in [1.165, 1.54) is 4.31 Å². The Morgan fingerprint density at radius 3 is 2.27 bits per heavy atom. The molecule has 162 valence electrons. The molecule has 0 amide bonds. The first-order chi connectivity index (χ1) is 14.2. The Morgan fingerprint density at radius 1 is 1.07 bits per heavy atom. The van der Waals surface area contributed by atoms with E-state index in [9.17, 15) is 8.42 Å². The van der Waals surface area contributed by atoms with Gasteiger partial charge in [-0.2, -0.15) is 4.31 Å². The Morgan fingerprint density at radius 2 is 1.73 bits per heavy atom. The van der Waals surface area contributed by atoms with Crippen molar-refractivity contribution in [2.45, 2.75) is 44.7 Å². The summed E-state index contributed by atoms with van der Waals surface area (Å²) in [6.07, 6.45) is 3.84. The van der Waals surface area contributed by atoms with Crippen molar-refractivity contribution in [3.8, 4) is 11.5 Å². The van der Waals surface area contributed by atoms with Crippen molar-refractivity contribution in [2.75, 3.05) is 13.7 Å². The predicted octanol–water partition coefficient (Wildman–Crippen LogP) is 4.90. The molecule has 0 N–H and O–H groups in total. The molecule has 0 radical (unpaired) electrons. The lowest BCUT2D eigenvalue weighted by Crippen LogP contribution is -2.31. The molecule has 0 fully saturated rings. The van der Waals surface area contributed by atoms with Crippen molar-refractivity contribution in [1.82, 2.24) is 4.31 Å². The molecule has 0 spiro atoms. The van der Waals surface area contributed by atoms with Crippen LogP contribution in [0.15, 0.2) is 66.6 Å². The van der Waals surface area contributed by atoms with E-state index in [1.54, 1.807) is 43.5 Å². The predicted molar refractivity (Wildman–Crippen MR) is 122 cm³/mol. The Hall–Kier alpha value is -2.57. The van der Waals surface area contributed by atoms with Gasteiger partial charge in [-0.3, -0.25) is 0 Å². The molecule has 0 aromatic heterocycles. The zero-order chi connectivity index (χ0) is 22.3. The molecule has 2 rings (SSSR count). The number of ether oxygens (including phenoxy) is 2. The zero-order valence-corrected chi connectivity index (χ0v) is 19.0. The number of allylic oxidation sites excluding steroid dienone is 1. The third-order valence-corrected chi connectivity index (χ3v) is 6.41. The molecule has 0 aliphatic rings. The van der Waals surface area contributed by atoms with Gasteiger partial charge < -0.3 is 9.47 Å². The van der Waals surface area contributed by atoms with Crippen molar-refractivity contribution in [1.29, 1.82) is 0 Å². The van der Waals surface area contributed by atoms with Gasteiger partial charge in [-0.1, -0.05) is 35.9 Å². The van der Waals surface area contributed by atoms with Gasteiger partial charge in [0.1, 0.15) is 0 Å². The molecule has 0 saturated carbocycles. The molecule has 30 heavy (non-hydrogen) atoms. The molecule has 0 bridgehead atoms. The monoisotopic (exact) mass is 429 g/mol. The van der Waals surface area contributed by atoms with Gasteiger partial charge in [-0.05, 0) is 51.0 Å². The molecule has 2 aromatic rings. The highest BCUT2D eigenvalue weighted by Gasteiger charge is 2.26. The Balaban J connectivity index is 2.53. The standard InChI is InChI=1S/C24H31NO4S/c1-7-9-22-20(12-15-23(28-6)24(22)29-18(3)4)17-25(16-8-2)30(26,27)21-13-10-19(5)11-14-21/h7-8,10-15,18H,1-2,9,16-17H2,3-6H3. The third kappa shape index (κ3) is 5.52. The summed E-state index contributed by atoms with van der Waals surface area (Å²) in [5.41, 5.74) is 2.71. The van der Waals surface area contributed by atoms with E-state index < -0.39 is 10.0 Å². The summed E-state index contributed by atoms with van der Waals surface area (Å²) in [5, 5.41) is 0. The van der Waals surface area contributed by atoms with Crippen molar-refractivity contribution in [3.05, 3.63) is 78.4 Å². The van der Waals surface area contributed by atoms with Gasteiger partial charge in [0.25, 0.3) is 0 Å². The lowest BCUT2D eigenvalue weighted by atomic mass is 10.0. The van der Waals surface area contributed by atoms with Crippen molar-refractivity contribution in [3.63, 3.8) is 0 Å². The van der Waals surface area contributed by atoms with Gasteiger partial charge in [0.15, 0.2) is 11.5 Å². The fourth-order valence-corrected chi connectivity index (χ4v) is 4.52. The Kier molecular flexibility index (Phi) is 8.26. The first-order valence-corrected chi connectivity index (χ1v) is 11.3. The SMILES string of the molecule is C=CCc1c(CN(CC=C)S(=O)(=O)c2ccc(C)cc2)ccc(OC)c1OC(C)C. The van der Waals surface area contributed by atoms with Gasteiger partial charge >= 0.3 is 0 Å². The van der Waals surface area contributed by atoms with Crippen LogP contribution in [-0.2, 0) is 23.0 Å². The quantitative estimate of drug-likeness (QED) is 0.477. The van der Waals surface area contributed by atoms with Crippen LogP contribution in [0.3, 0.4) is 0 Å². The van der Waals surface area contributed by atoms with Crippen LogP contribution in [0.25, 0.3) is 0 Å². The van der Waals surface area contributed by atoms with Crippen LogP contribution in [-0.4, -0.2) is 32.5 Å². The molecular formula is C24H31NO4S. The van der Waals surface area contributed by atoms with Gasteiger partial charge in [0.2, 0.25) is 10.0 Å². The lowest BCUT2D eigenvalue weighted by molar-refractivity contribution is 0.227. The van der Waals surface area contributed by atoms with Crippen LogP contribution < -0.4 is 9.47 Å². The summed E-state index contributed by atoms with van der Waals surface area (Å²) in [5.74, 6) is 1.23. The summed E-state index contributed by atoms with van der Waals surface area (Å²) in [4.78, 5) is 0.257. The van der Waals surface area contributed by atoms with E-state index in [1.807, 2.05) is 32.9 Å². The minimum Gasteiger partial charge on any atom is -0.493 e. The highest BCUT2D eigenvalue weighted by atomic mass is 32.2. The van der Waals surface area contributed by atoms with Gasteiger partial charge in [-0.15, -0.1) is 13.2 Å². The molecule has 6 heteroatoms. The Labute approximate surface area is 180 Å². The van der Waals surface area contributed by atoms with E-state index in [4.69, 9.17) is 9.47 Å². The average molecular weight is 430 g/mol. The van der Waals surface area contributed by atoms with Crippen LogP contribution in [0.1, 0.15) is 30.5 Å². The molecule has 0 unspecified atom stereocenters. The van der Waals surface area contributed by atoms with Crippen LogP contribution in [0.2, 0.25) is 0 Å². The summed E-state index contributed by atoms with van der Waals surface area (Å²) in [6, 6.07) is 10.5. The van der Waals surface area contributed by atoms with E-state index in [2.05, 4.69) is 13.2 Å². The minimum absolute atomic E-state index is 0.0571. The number of aryl methyl sites for hydroxylation is 1. The van der Waals surface area contributed by atoms with Crippen LogP contribution in [0, 0.1) is 6.92 Å². The molecular weight excluding hydrogens is 398 g/mol. The molecule has 0 saturated heterocycles. The van der Waals surface area contributed by atoms with E-state index >= 15 is 0 Å².